The van der Waals surface area contributed by atoms with Crippen molar-refractivity contribution in [3.8, 4) is 11.5 Å². The Balaban J connectivity index is 1.82. The molecule has 0 spiro atoms. The highest BCUT2D eigenvalue weighted by molar-refractivity contribution is 7.92. The van der Waals surface area contributed by atoms with E-state index in [9.17, 15) is 13.2 Å². The number of ether oxygens (including phenoxy) is 2. The minimum Gasteiger partial charge on any atom is -0.497 e. The Hall–Kier alpha value is -2.74. The van der Waals surface area contributed by atoms with Crippen molar-refractivity contribution in [2.45, 2.75) is 31.9 Å². The van der Waals surface area contributed by atoms with Crippen molar-refractivity contribution in [2.75, 3.05) is 24.7 Å². The van der Waals surface area contributed by atoms with E-state index in [1.54, 1.807) is 31.4 Å². The normalized spacial score (nSPS) is 17.6. The van der Waals surface area contributed by atoms with E-state index in [0.717, 1.165) is 11.8 Å². The zero-order valence-electron chi connectivity index (χ0n) is 17.2. The van der Waals surface area contributed by atoms with Gasteiger partial charge in [-0.2, -0.15) is 0 Å². The van der Waals surface area contributed by atoms with Gasteiger partial charge in [-0.3, -0.25) is 9.10 Å². The molecule has 0 fully saturated rings. The molecule has 1 aliphatic heterocycles. The van der Waals surface area contributed by atoms with Crippen LogP contribution in [0.25, 0.3) is 0 Å². The van der Waals surface area contributed by atoms with Crippen LogP contribution in [0.4, 0.5) is 5.69 Å². The van der Waals surface area contributed by atoms with E-state index in [0.29, 0.717) is 29.2 Å². The first-order valence-electron chi connectivity index (χ1n) is 9.22. The molecular formula is C21H26N2O5S. The highest BCUT2D eigenvalue weighted by Gasteiger charge is 2.35. The molecule has 0 bridgehead atoms. The monoisotopic (exact) mass is 418 g/mol. The van der Waals surface area contributed by atoms with Crippen molar-refractivity contribution in [1.29, 1.82) is 0 Å². The summed E-state index contributed by atoms with van der Waals surface area (Å²) >= 11 is 0. The van der Waals surface area contributed by atoms with E-state index in [2.05, 4.69) is 5.32 Å². The molecular weight excluding hydrogens is 392 g/mol. The van der Waals surface area contributed by atoms with Crippen LogP contribution in [0.5, 0.6) is 11.5 Å². The van der Waals surface area contributed by atoms with Gasteiger partial charge in [0.15, 0.2) is 0 Å². The fourth-order valence-corrected chi connectivity index (χ4v) is 3.85. The number of hydrogen-bond donors (Lipinski definition) is 1. The first kappa shape index (κ1) is 21.0. The van der Waals surface area contributed by atoms with Crippen LogP contribution in [0.15, 0.2) is 42.5 Å². The summed E-state index contributed by atoms with van der Waals surface area (Å²) in [5, 5.41) is 3.07. The Labute approximate surface area is 171 Å². The SMILES string of the molecule is COc1ccc2c(c1)OC(C)(C)C[C@@H]2NC(=O)c1ccc(N(C)S(C)(=O)=O)cc1. The van der Waals surface area contributed by atoms with Crippen LogP contribution in [-0.2, 0) is 10.0 Å². The molecule has 0 saturated heterocycles. The van der Waals surface area contributed by atoms with Gasteiger partial charge in [0, 0.05) is 30.7 Å². The zero-order chi connectivity index (χ0) is 21.4. The van der Waals surface area contributed by atoms with E-state index in [1.807, 2.05) is 32.0 Å². The molecule has 2 aromatic carbocycles. The third-order valence-corrected chi connectivity index (χ3v) is 6.18. The number of carbonyl (C=O) groups excluding carboxylic acids is 1. The zero-order valence-corrected chi connectivity index (χ0v) is 18.0. The fraction of sp³-hybridized carbons (Fsp3) is 0.381. The number of rotatable bonds is 5. The molecule has 0 saturated carbocycles. The number of sulfonamides is 1. The summed E-state index contributed by atoms with van der Waals surface area (Å²) in [4.78, 5) is 12.8. The van der Waals surface area contributed by atoms with Gasteiger partial charge in [0.25, 0.3) is 5.91 Å². The molecule has 1 aliphatic rings. The summed E-state index contributed by atoms with van der Waals surface area (Å²) in [5.74, 6) is 1.15. The lowest BCUT2D eigenvalue weighted by atomic mass is 9.89. The molecule has 3 rings (SSSR count). The maximum Gasteiger partial charge on any atom is 0.251 e. The van der Waals surface area contributed by atoms with E-state index >= 15 is 0 Å². The van der Waals surface area contributed by atoms with Gasteiger partial charge in [-0.05, 0) is 50.2 Å². The number of nitrogens with zero attached hydrogens (tertiary/aromatic N) is 1. The molecule has 0 aliphatic carbocycles. The van der Waals surface area contributed by atoms with Crippen LogP contribution >= 0.6 is 0 Å². The lowest BCUT2D eigenvalue weighted by Crippen LogP contribution is -2.41. The third kappa shape index (κ3) is 4.64. The van der Waals surface area contributed by atoms with Gasteiger partial charge < -0.3 is 14.8 Å². The molecule has 1 heterocycles. The second-order valence-corrected chi connectivity index (χ2v) is 9.79. The predicted molar refractivity (Wildman–Crippen MR) is 112 cm³/mol. The topological polar surface area (TPSA) is 84.9 Å². The largest absolute Gasteiger partial charge is 0.497 e. The smallest absolute Gasteiger partial charge is 0.251 e. The number of methoxy groups -OCH3 is 1. The van der Waals surface area contributed by atoms with Gasteiger partial charge >= 0.3 is 0 Å². The summed E-state index contributed by atoms with van der Waals surface area (Å²) in [5.41, 5.74) is 1.40. The number of anilines is 1. The second kappa shape index (κ2) is 7.59. The molecule has 1 amide bonds. The van der Waals surface area contributed by atoms with E-state index in [1.165, 1.54) is 11.4 Å². The Bertz CT molecular complexity index is 1020. The Morgan fingerprint density at radius 1 is 1.21 bits per heavy atom. The third-order valence-electron chi connectivity index (χ3n) is 4.97. The summed E-state index contributed by atoms with van der Waals surface area (Å²) in [7, 11) is -0.286. The molecule has 2 aromatic rings. The van der Waals surface area contributed by atoms with Gasteiger partial charge in [0.05, 0.1) is 25.1 Å². The molecule has 8 heteroatoms. The van der Waals surface area contributed by atoms with Gasteiger partial charge in [0.2, 0.25) is 10.0 Å². The highest BCUT2D eigenvalue weighted by atomic mass is 32.2. The van der Waals surface area contributed by atoms with Crippen LogP contribution in [0.3, 0.4) is 0 Å². The van der Waals surface area contributed by atoms with Crippen molar-refractivity contribution in [3.63, 3.8) is 0 Å². The predicted octanol–water partition coefficient (Wildman–Crippen LogP) is 3.12. The maximum atomic E-state index is 12.8. The van der Waals surface area contributed by atoms with Crippen molar-refractivity contribution in [1.82, 2.24) is 5.32 Å². The Kier molecular flexibility index (Phi) is 5.49. The fourth-order valence-electron chi connectivity index (χ4n) is 3.34. The van der Waals surface area contributed by atoms with Crippen molar-refractivity contribution < 1.29 is 22.7 Å². The molecule has 0 radical (unpaired) electrons. The molecule has 0 aromatic heterocycles. The molecule has 0 unspecified atom stereocenters. The minimum absolute atomic E-state index is 0.217. The first-order valence-corrected chi connectivity index (χ1v) is 11.1. The van der Waals surface area contributed by atoms with Crippen molar-refractivity contribution in [3.05, 3.63) is 53.6 Å². The minimum atomic E-state index is -3.36. The number of nitrogens with one attached hydrogen (secondary N) is 1. The quantitative estimate of drug-likeness (QED) is 0.806. The van der Waals surface area contributed by atoms with Crippen LogP contribution < -0.4 is 19.1 Å². The van der Waals surface area contributed by atoms with Crippen LogP contribution in [0, 0.1) is 0 Å². The second-order valence-electron chi connectivity index (χ2n) is 7.77. The standard InChI is InChI=1S/C21H26N2O5S/c1-21(2)13-18(17-11-10-16(27-4)12-19(17)28-21)22-20(24)14-6-8-15(9-7-14)23(3)29(5,25)26/h6-12,18H,13H2,1-5H3,(H,22,24)/t18-/m0/s1. The lowest BCUT2D eigenvalue weighted by molar-refractivity contribution is 0.0617. The first-order chi connectivity index (χ1) is 13.5. The average molecular weight is 419 g/mol. The van der Waals surface area contributed by atoms with E-state index in [-0.39, 0.29) is 11.9 Å². The van der Waals surface area contributed by atoms with Gasteiger partial charge in [-0.25, -0.2) is 8.42 Å². The summed E-state index contributed by atoms with van der Waals surface area (Å²) < 4.78 is 35.8. The van der Waals surface area contributed by atoms with Gasteiger partial charge in [-0.1, -0.05) is 0 Å². The maximum absolute atomic E-state index is 12.8. The molecule has 7 nitrogen and oxygen atoms in total. The van der Waals surface area contributed by atoms with E-state index < -0.39 is 15.6 Å². The van der Waals surface area contributed by atoms with Crippen LogP contribution in [-0.4, -0.2) is 40.3 Å². The summed E-state index contributed by atoms with van der Waals surface area (Å²) in [6, 6.07) is 11.8. The molecule has 1 atom stereocenters. The Morgan fingerprint density at radius 2 is 1.86 bits per heavy atom. The number of fused-ring (bicyclic) bond motifs is 1. The Morgan fingerprint density at radius 3 is 2.45 bits per heavy atom. The van der Waals surface area contributed by atoms with E-state index in [4.69, 9.17) is 9.47 Å². The lowest BCUT2D eigenvalue weighted by Gasteiger charge is -2.38. The van der Waals surface area contributed by atoms with Crippen LogP contribution in [0.1, 0.15) is 42.2 Å². The number of hydrogen-bond acceptors (Lipinski definition) is 5. The van der Waals surface area contributed by atoms with Gasteiger partial charge in [0.1, 0.15) is 17.1 Å². The molecule has 156 valence electrons. The number of benzene rings is 2. The molecule has 29 heavy (non-hydrogen) atoms. The summed E-state index contributed by atoms with van der Waals surface area (Å²) in [6.07, 6.45) is 1.75. The van der Waals surface area contributed by atoms with Gasteiger partial charge in [-0.15, -0.1) is 0 Å². The number of carbonyl (C=O) groups is 1. The van der Waals surface area contributed by atoms with Crippen LogP contribution in [0.2, 0.25) is 0 Å². The summed E-state index contributed by atoms with van der Waals surface area (Å²) in [6.45, 7) is 3.95. The number of amides is 1. The van der Waals surface area contributed by atoms with Crippen molar-refractivity contribution in [2.24, 2.45) is 0 Å². The van der Waals surface area contributed by atoms with Crippen molar-refractivity contribution >= 4 is 21.6 Å². The molecule has 1 N–H and O–H groups in total. The average Bonchev–Trinajstić information content (AvgIpc) is 2.65. The highest BCUT2D eigenvalue weighted by Crippen LogP contribution is 2.41.